The maximum atomic E-state index is 13.3. The maximum Gasteiger partial charge on any atom is 0.274 e. The molecule has 152 valence electrons. The Bertz CT molecular complexity index is 813. The number of benzene rings is 1. The van der Waals surface area contributed by atoms with Crippen LogP contribution in [0.4, 0.5) is 0 Å². The van der Waals surface area contributed by atoms with Gasteiger partial charge in [0.2, 0.25) is 0 Å². The van der Waals surface area contributed by atoms with Gasteiger partial charge in [-0.25, -0.2) is 0 Å². The number of aryl methyl sites for hydroxylation is 1. The lowest BCUT2D eigenvalue weighted by Gasteiger charge is -2.36. The molecule has 2 aliphatic rings. The summed E-state index contributed by atoms with van der Waals surface area (Å²) in [4.78, 5) is 15.4. The predicted octanol–water partition coefficient (Wildman–Crippen LogP) is 4.21. The molecule has 0 bridgehead atoms. The van der Waals surface area contributed by atoms with Gasteiger partial charge in [-0.3, -0.25) is 9.48 Å². The molecule has 2 saturated heterocycles. The van der Waals surface area contributed by atoms with Crippen LogP contribution in [0.5, 0.6) is 0 Å². The van der Waals surface area contributed by atoms with Crippen LogP contribution in [0.2, 0.25) is 0 Å². The van der Waals surface area contributed by atoms with Crippen LogP contribution in [0.1, 0.15) is 71.4 Å². The summed E-state index contributed by atoms with van der Waals surface area (Å²) >= 11 is 0. The molecular formula is C22H31ClN4O. The fraction of sp³-hybridized carbons (Fsp3) is 0.545. The van der Waals surface area contributed by atoms with E-state index >= 15 is 0 Å². The van der Waals surface area contributed by atoms with Crippen molar-refractivity contribution in [3.63, 3.8) is 0 Å². The topological polar surface area (TPSA) is 50.2 Å². The largest absolute Gasteiger partial charge is 0.330 e. The van der Waals surface area contributed by atoms with Gasteiger partial charge in [-0.1, -0.05) is 18.2 Å². The smallest absolute Gasteiger partial charge is 0.274 e. The first-order chi connectivity index (χ1) is 13.1. The summed E-state index contributed by atoms with van der Waals surface area (Å²) in [5.74, 6) is 0.0723. The summed E-state index contributed by atoms with van der Waals surface area (Å²) in [6.07, 6.45) is 7.53. The van der Waals surface area contributed by atoms with E-state index in [1.807, 2.05) is 16.9 Å². The number of nitrogens with zero attached hydrogens (tertiary/aromatic N) is 3. The van der Waals surface area contributed by atoms with Crippen LogP contribution in [0.25, 0.3) is 0 Å². The highest BCUT2D eigenvalue weighted by molar-refractivity contribution is 5.92. The van der Waals surface area contributed by atoms with Crippen molar-refractivity contribution in [2.75, 3.05) is 19.6 Å². The third kappa shape index (κ3) is 4.11. The van der Waals surface area contributed by atoms with E-state index in [0.717, 1.165) is 45.3 Å². The van der Waals surface area contributed by atoms with Gasteiger partial charge in [-0.2, -0.15) is 5.10 Å². The quantitative estimate of drug-likeness (QED) is 0.836. The molecule has 2 unspecified atom stereocenters. The number of carbonyl (C=O) groups excluding carboxylic acids is 1. The lowest BCUT2D eigenvalue weighted by molar-refractivity contribution is 0.0603. The second-order valence-corrected chi connectivity index (χ2v) is 7.98. The molecule has 2 aliphatic heterocycles. The number of likely N-dealkylation sites (tertiary alicyclic amines) is 1. The number of nitrogens with one attached hydrogen (secondary N) is 1. The number of carbonyl (C=O) groups is 1. The summed E-state index contributed by atoms with van der Waals surface area (Å²) in [6, 6.07) is 8.86. The Labute approximate surface area is 173 Å². The molecule has 28 heavy (non-hydrogen) atoms. The number of aromatic nitrogens is 2. The predicted molar refractivity (Wildman–Crippen MR) is 114 cm³/mol. The molecule has 6 heteroatoms. The van der Waals surface area contributed by atoms with Gasteiger partial charge in [-0.05, 0) is 75.3 Å². The third-order valence-electron chi connectivity index (χ3n) is 6.24. The Balaban J connectivity index is 0.00000225. The first-order valence-electron chi connectivity index (χ1n) is 10.3. The summed E-state index contributed by atoms with van der Waals surface area (Å²) in [5, 5.41) is 8.08. The van der Waals surface area contributed by atoms with E-state index in [1.165, 1.54) is 23.1 Å². The van der Waals surface area contributed by atoms with Crippen molar-refractivity contribution in [2.45, 2.75) is 58.0 Å². The Morgan fingerprint density at radius 3 is 2.79 bits per heavy atom. The van der Waals surface area contributed by atoms with Crippen LogP contribution >= 0.6 is 12.4 Å². The molecule has 4 rings (SSSR count). The highest BCUT2D eigenvalue weighted by atomic mass is 35.5. The normalized spacial score (nSPS) is 22.6. The number of halogens is 1. The summed E-state index contributed by atoms with van der Waals surface area (Å²) < 4.78 is 1.98. The molecule has 1 aromatic heterocycles. The lowest BCUT2D eigenvalue weighted by Crippen LogP contribution is -2.39. The Kier molecular flexibility index (Phi) is 6.78. The molecule has 0 aliphatic carbocycles. The minimum absolute atomic E-state index is 0. The lowest BCUT2D eigenvalue weighted by atomic mass is 9.90. The molecule has 1 N–H and O–H groups in total. The fourth-order valence-electron chi connectivity index (χ4n) is 4.49. The van der Waals surface area contributed by atoms with Crippen LogP contribution < -0.4 is 5.32 Å². The Morgan fingerprint density at radius 1 is 1.14 bits per heavy atom. The van der Waals surface area contributed by atoms with Crippen LogP contribution in [0, 0.1) is 13.8 Å². The number of rotatable bonds is 3. The van der Waals surface area contributed by atoms with Crippen molar-refractivity contribution >= 4 is 18.3 Å². The van der Waals surface area contributed by atoms with Crippen molar-refractivity contribution in [1.29, 1.82) is 0 Å². The molecule has 1 amide bonds. The molecule has 1 aromatic carbocycles. The van der Waals surface area contributed by atoms with E-state index in [1.54, 1.807) is 0 Å². The minimum atomic E-state index is 0. The van der Waals surface area contributed by atoms with Crippen molar-refractivity contribution in [3.05, 3.63) is 52.8 Å². The molecule has 5 nitrogen and oxygen atoms in total. The summed E-state index contributed by atoms with van der Waals surface area (Å²) in [7, 11) is 0. The van der Waals surface area contributed by atoms with Crippen LogP contribution in [0.3, 0.4) is 0 Å². The zero-order valence-corrected chi connectivity index (χ0v) is 17.7. The summed E-state index contributed by atoms with van der Waals surface area (Å²) in [5.41, 5.74) is 4.47. The first kappa shape index (κ1) is 20.9. The first-order valence-corrected chi connectivity index (χ1v) is 10.3. The van der Waals surface area contributed by atoms with Crippen molar-refractivity contribution in [2.24, 2.45) is 0 Å². The maximum absolute atomic E-state index is 13.3. The van der Waals surface area contributed by atoms with Crippen LogP contribution in [-0.2, 0) is 0 Å². The molecule has 0 saturated carbocycles. The molecular weight excluding hydrogens is 372 g/mol. The van der Waals surface area contributed by atoms with Crippen molar-refractivity contribution < 1.29 is 4.79 Å². The molecule has 0 spiro atoms. The minimum Gasteiger partial charge on any atom is -0.330 e. The molecule has 2 aromatic rings. The highest BCUT2D eigenvalue weighted by Crippen LogP contribution is 2.34. The molecule has 0 radical (unpaired) electrons. The highest BCUT2D eigenvalue weighted by Gasteiger charge is 2.31. The van der Waals surface area contributed by atoms with Gasteiger partial charge in [0.05, 0.1) is 12.1 Å². The van der Waals surface area contributed by atoms with Gasteiger partial charge in [-0.15, -0.1) is 12.4 Å². The Hall–Kier alpha value is -1.85. The standard InChI is InChI=1S/C22H30N4O.ClH/c1-16-7-5-9-19(17(16)2)21-10-3-4-13-25(21)22(27)20-11-14-26(24-20)18-8-6-12-23-15-18;/h5,7,9,11,14,18,21,23H,3-4,6,8,10,12-13,15H2,1-2H3;1H. The zero-order chi connectivity index (χ0) is 18.8. The van der Waals surface area contributed by atoms with Crippen molar-refractivity contribution in [1.82, 2.24) is 20.0 Å². The van der Waals surface area contributed by atoms with Gasteiger partial charge in [0.1, 0.15) is 5.69 Å². The van der Waals surface area contributed by atoms with E-state index in [9.17, 15) is 4.79 Å². The Morgan fingerprint density at radius 2 is 2.00 bits per heavy atom. The van der Waals surface area contributed by atoms with Gasteiger partial charge < -0.3 is 10.2 Å². The van der Waals surface area contributed by atoms with Gasteiger partial charge in [0.25, 0.3) is 5.91 Å². The average Bonchev–Trinajstić information content (AvgIpc) is 3.20. The van der Waals surface area contributed by atoms with Gasteiger partial charge >= 0.3 is 0 Å². The SMILES string of the molecule is Cc1cccc(C2CCCCN2C(=O)c2ccn(C3CCCNC3)n2)c1C.Cl. The van der Waals surface area contributed by atoms with Crippen LogP contribution in [0.15, 0.2) is 30.5 Å². The van der Waals surface area contributed by atoms with Crippen LogP contribution in [-0.4, -0.2) is 40.2 Å². The van der Waals surface area contributed by atoms with Crippen molar-refractivity contribution in [3.8, 4) is 0 Å². The second-order valence-electron chi connectivity index (χ2n) is 7.98. The monoisotopic (exact) mass is 402 g/mol. The van der Waals surface area contributed by atoms with E-state index < -0.39 is 0 Å². The number of hydrogen-bond donors (Lipinski definition) is 1. The number of piperidine rings is 2. The van der Waals surface area contributed by atoms with E-state index in [4.69, 9.17) is 0 Å². The molecule has 2 fully saturated rings. The van der Waals surface area contributed by atoms with E-state index in [0.29, 0.717) is 11.7 Å². The number of hydrogen-bond acceptors (Lipinski definition) is 3. The average molecular weight is 403 g/mol. The van der Waals surface area contributed by atoms with E-state index in [-0.39, 0.29) is 24.4 Å². The van der Waals surface area contributed by atoms with Gasteiger partial charge in [0, 0.05) is 19.3 Å². The third-order valence-corrected chi connectivity index (χ3v) is 6.24. The number of amides is 1. The zero-order valence-electron chi connectivity index (χ0n) is 16.9. The van der Waals surface area contributed by atoms with E-state index in [2.05, 4.69) is 47.4 Å². The fourth-order valence-corrected chi connectivity index (χ4v) is 4.49. The van der Waals surface area contributed by atoms with Gasteiger partial charge in [0.15, 0.2) is 0 Å². The summed E-state index contributed by atoms with van der Waals surface area (Å²) in [6.45, 7) is 7.15. The molecule has 2 atom stereocenters. The second kappa shape index (κ2) is 9.10. The molecule has 3 heterocycles.